The van der Waals surface area contributed by atoms with Crippen molar-refractivity contribution in [3.8, 4) is 17.4 Å². The lowest BCUT2D eigenvalue weighted by molar-refractivity contribution is 0.0916. The lowest BCUT2D eigenvalue weighted by atomic mass is 10.1. The summed E-state index contributed by atoms with van der Waals surface area (Å²) in [4.78, 5) is 23.0. The summed E-state index contributed by atoms with van der Waals surface area (Å²) in [5.74, 6) is 1.29. The zero-order valence-electron chi connectivity index (χ0n) is 14.5. The monoisotopic (exact) mass is 358 g/mol. The van der Waals surface area contributed by atoms with Crippen molar-refractivity contribution in [3.63, 3.8) is 0 Å². The number of fused-ring (bicyclic) bond motifs is 1. The second-order valence-electron chi connectivity index (χ2n) is 5.42. The Balaban J connectivity index is 1.84. The molecule has 6 nitrogen and oxygen atoms in total. The predicted octanol–water partition coefficient (Wildman–Crippen LogP) is 3.59. The summed E-state index contributed by atoms with van der Waals surface area (Å²) in [6, 6.07) is 5.05. The Morgan fingerprint density at radius 3 is 2.68 bits per heavy atom. The Bertz CT molecular complexity index is 936. The highest BCUT2D eigenvalue weighted by Crippen LogP contribution is 2.33. The average Bonchev–Trinajstić information content (AvgIpc) is 2.93. The maximum absolute atomic E-state index is 12.5. The number of ketones is 1. The number of hydrogen-bond donors (Lipinski definition) is 0. The van der Waals surface area contributed by atoms with Gasteiger partial charge in [-0.15, -0.1) is 11.3 Å². The number of carbonyl (C=O) groups excluding carboxylic acids is 1. The lowest BCUT2D eigenvalue weighted by Crippen LogP contribution is -2.13. The van der Waals surface area contributed by atoms with Crippen molar-refractivity contribution in [1.82, 2.24) is 9.97 Å². The molecule has 0 fully saturated rings. The number of Topliss-reactive ketones (excluding diaryl/α,β-unsaturated/α-hetero) is 1. The van der Waals surface area contributed by atoms with E-state index in [1.165, 1.54) is 13.4 Å². The fraction of sp³-hybridized carbons (Fsp3) is 0.278. The van der Waals surface area contributed by atoms with Crippen molar-refractivity contribution in [2.75, 3.05) is 20.8 Å². The average molecular weight is 358 g/mol. The molecule has 0 spiro atoms. The quantitative estimate of drug-likeness (QED) is 0.627. The van der Waals surface area contributed by atoms with Gasteiger partial charge in [-0.3, -0.25) is 4.79 Å². The first-order valence-electron chi connectivity index (χ1n) is 7.64. The molecule has 0 bridgehead atoms. The molecule has 2 heterocycles. The number of aryl methyl sites for hydroxylation is 2. The second-order valence-corrected chi connectivity index (χ2v) is 6.62. The van der Waals surface area contributed by atoms with Gasteiger partial charge in [-0.2, -0.15) is 0 Å². The molecular formula is C18H18N2O4S. The van der Waals surface area contributed by atoms with Crippen molar-refractivity contribution in [3.05, 3.63) is 40.5 Å². The zero-order chi connectivity index (χ0) is 18.0. The first-order valence-corrected chi connectivity index (χ1v) is 8.45. The summed E-state index contributed by atoms with van der Waals surface area (Å²) in [5, 5.41) is 0.861. The fourth-order valence-electron chi connectivity index (χ4n) is 2.50. The minimum Gasteiger partial charge on any atom is -0.497 e. The molecule has 0 amide bonds. The van der Waals surface area contributed by atoms with Crippen LogP contribution in [0.3, 0.4) is 0 Å². The molecule has 0 unspecified atom stereocenters. The van der Waals surface area contributed by atoms with Crippen LogP contribution >= 0.6 is 11.3 Å². The van der Waals surface area contributed by atoms with Crippen LogP contribution < -0.4 is 14.2 Å². The van der Waals surface area contributed by atoms with Crippen LogP contribution in [0.5, 0.6) is 17.4 Å². The molecule has 0 saturated carbocycles. The van der Waals surface area contributed by atoms with Gasteiger partial charge >= 0.3 is 0 Å². The van der Waals surface area contributed by atoms with Crippen LogP contribution in [0.25, 0.3) is 10.2 Å². The van der Waals surface area contributed by atoms with Crippen LogP contribution in [0.1, 0.15) is 20.8 Å². The van der Waals surface area contributed by atoms with Gasteiger partial charge in [-0.25, -0.2) is 9.97 Å². The van der Waals surface area contributed by atoms with E-state index in [2.05, 4.69) is 9.97 Å². The third-order valence-corrected chi connectivity index (χ3v) is 5.09. The highest BCUT2D eigenvalue weighted by atomic mass is 32.1. The molecule has 0 aliphatic rings. The number of carbonyl (C=O) groups is 1. The summed E-state index contributed by atoms with van der Waals surface area (Å²) >= 11 is 1.58. The molecule has 25 heavy (non-hydrogen) atoms. The van der Waals surface area contributed by atoms with Crippen LogP contribution in [-0.4, -0.2) is 36.6 Å². The van der Waals surface area contributed by atoms with Gasteiger partial charge in [-0.1, -0.05) is 0 Å². The third-order valence-electron chi connectivity index (χ3n) is 3.98. The summed E-state index contributed by atoms with van der Waals surface area (Å²) in [6.45, 7) is 3.89. The molecule has 3 aromatic rings. The molecule has 130 valence electrons. The lowest BCUT2D eigenvalue weighted by Gasteiger charge is -2.10. The zero-order valence-corrected chi connectivity index (χ0v) is 15.3. The molecule has 1 aromatic carbocycles. The van der Waals surface area contributed by atoms with Crippen molar-refractivity contribution in [2.45, 2.75) is 13.8 Å². The second kappa shape index (κ2) is 7.06. The van der Waals surface area contributed by atoms with Gasteiger partial charge in [0, 0.05) is 10.9 Å². The number of aromatic nitrogens is 2. The van der Waals surface area contributed by atoms with E-state index in [4.69, 9.17) is 14.2 Å². The Morgan fingerprint density at radius 2 is 1.96 bits per heavy atom. The van der Waals surface area contributed by atoms with Gasteiger partial charge in [0.15, 0.2) is 6.61 Å². The van der Waals surface area contributed by atoms with Gasteiger partial charge in [0.05, 0.1) is 25.2 Å². The number of methoxy groups -OCH3 is 2. The van der Waals surface area contributed by atoms with Crippen LogP contribution in [0, 0.1) is 13.8 Å². The summed E-state index contributed by atoms with van der Waals surface area (Å²) in [5.41, 5.74) is 1.51. The molecule has 3 rings (SSSR count). The minimum atomic E-state index is -0.198. The van der Waals surface area contributed by atoms with Crippen molar-refractivity contribution in [1.29, 1.82) is 0 Å². The molecule has 0 N–H and O–H groups in total. The van der Waals surface area contributed by atoms with Gasteiger partial charge < -0.3 is 14.2 Å². The number of benzene rings is 1. The Labute approximate surface area is 149 Å². The third kappa shape index (κ3) is 3.28. The molecule has 0 radical (unpaired) electrons. The molecule has 0 atom stereocenters. The first-order chi connectivity index (χ1) is 12.0. The SMILES string of the molecule is COc1ccc(C(=O)COc2ncnc3sc(C)c(C)c23)c(OC)c1. The smallest absolute Gasteiger partial charge is 0.226 e. The summed E-state index contributed by atoms with van der Waals surface area (Å²) in [7, 11) is 3.07. The van der Waals surface area contributed by atoms with Gasteiger partial charge in [0.25, 0.3) is 0 Å². The number of hydrogen-bond acceptors (Lipinski definition) is 7. The predicted molar refractivity (Wildman–Crippen MR) is 96.3 cm³/mol. The number of ether oxygens (including phenoxy) is 3. The van der Waals surface area contributed by atoms with Gasteiger partial charge in [-0.05, 0) is 31.5 Å². The van der Waals surface area contributed by atoms with Gasteiger partial charge in [0.1, 0.15) is 22.7 Å². The Morgan fingerprint density at radius 1 is 1.16 bits per heavy atom. The van der Waals surface area contributed by atoms with Crippen LogP contribution in [0.15, 0.2) is 24.5 Å². The highest BCUT2D eigenvalue weighted by Gasteiger charge is 2.17. The molecular weight excluding hydrogens is 340 g/mol. The van der Waals surface area contributed by atoms with Crippen LogP contribution in [-0.2, 0) is 0 Å². The molecule has 2 aromatic heterocycles. The maximum Gasteiger partial charge on any atom is 0.226 e. The van der Waals surface area contributed by atoms with E-state index in [0.717, 1.165) is 20.7 Å². The van der Waals surface area contributed by atoms with Crippen molar-refractivity contribution >= 4 is 27.3 Å². The van der Waals surface area contributed by atoms with Crippen LogP contribution in [0.4, 0.5) is 0 Å². The highest BCUT2D eigenvalue weighted by molar-refractivity contribution is 7.18. The molecule has 7 heteroatoms. The number of nitrogens with zero attached hydrogens (tertiary/aromatic N) is 2. The minimum absolute atomic E-state index is 0.136. The first kappa shape index (κ1) is 17.2. The topological polar surface area (TPSA) is 70.5 Å². The fourth-order valence-corrected chi connectivity index (χ4v) is 3.49. The van der Waals surface area contributed by atoms with Gasteiger partial charge in [0.2, 0.25) is 11.7 Å². The largest absolute Gasteiger partial charge is 0.497 e. The van der Waals surface area contributed by atoms with Crippen molar-refractivity contribution < 1.29 is 19.0 Å². The standard InChI is InChI=1S/C18H18N2O4S/c1-10-11(2)25-18-16(10)17(19-9-20-18)24-8-14(21)13-6-5-12(22-3)7-15(13)23-4/h5-7,9H,8H2,1-4H3. The van der Waals surface area contributed by atoms with E-state index >= 15 is 0 Å². The Hall–Kier alpha value is -2.67. The molecule has 0 saturated heterocycles. The summed E-state index contributed by atoms with van der Waals surface area (Å²) < 4.78 is 16.1. The van der Waals surface area contributed by atoms with E-state index in [1.54, 1.807) is 36.6 Å². The molecule has 0 aliphatic carbocycles. The van der Waals surface area contributed by atoms with Crippen LogP contribution in [0.2, 0.25) is 0 Å². The number of thiophene rings is 1. The van der Waals surface area contributed by atoms with E-state index < -0.39 is 0 Å². The van der Waals surface area contributed by atoms with E-state index in [0.29, 0.717) is 22.9 Å². The maximum atomic E-state index is 12.5. The number of rotatable bonds is 6. The van der Waals surface area contributed by atoms with E-state index in [1.807, 2.05) is 13.8 Å². The normalized spacial score (nSPS) is 10.7. The van der Waals surface area contributed by atoms with E-state index in [-0.39, 0.29) is 12.4 Å². The Kier molecular flexibility index (Phi) is 4.85. The summed E-state index contributed by atoms with van der Waals surface area (Å²) in [6.07, 6.45) is 1.45. The van der Waals surface area contributed by atoms with Crippen molar-refractivity contribution in [2.24, 2.45) is 0 Å². The molecule has 0 aliphatic heterocycles. The van der Waals surface area contributed by atoms with E-state index in [9.17, 15) is 4.79 Å².